The van der Waals surface area contributed by atoms with Crippen molar-refractivity contribution in [2.75, 3.05) is 12.4 Å². The molecule has 0 saturated heterocycles. The molecule has 8 heteroatoms. The maximum Gasteiger partial charge on any atom is 0.417 e. The van der Waals surface area contributed by atoms with E-state index in [1.165, 1.54) is 6.92 Å². The van der Waals surface area contributed by atoms with Gasteiger partial charge in [0.25, 0.3) is 5.91 Å². The highest BCUT2D eigenvalue weighted by atomic mass is 19.4. The number of rotatable bonds is 2. The van der Waals surface area contributed by atoms with Gasteiger partial charge in [0.15, 0.2) is 0 Å². The van der Waals surface area contributed by atoms with Crippen LogP contribution in [0.3, 0.4) is 0 Å². The SMILES string of the molecule is CC.COC(=O)c1cc2c(cc1C(F)(F)F)OC(C)(c1ccccc1)C(=O)N2. The van der Waals surface area contributed by atoms with E-state index in [1.54, 1.807) is 30.3 Å². The first-order chi connectivity index (χ1) is 13.2. The van der Waals surface area contributed by atoms with E-state index < -0.39 is 34.8 Å². The fourth-order valence-corrected chi connectivity index (χ4v) is 2.73. The molecule has 1 N–H and O–H groups in total. The molecule has 1 unspecified atom stereocenters. The van der Waals surface area contributed by atoms with Crippen molar-refractivity contribution < 1.29 is 32.2 Å². The Morgan fingerprint density at radius 3 is 2.29 bits per heavy atom. The third-order valence-corrected chi connectivity index (χ3v) is 4.15. The molecule has 0 radical (unpaired) electrons. The summed E-state index contributed by atoms with van der Waals surface area (Å²) in [6.45, 7) is 5.46. The fourth-order valence-electron chi connectivity index (χ4n) is 2.73. The van der Waals surface area contributed by atoms with Crippen LogP contribution in [-0.2, 0) is 21.3 Å². The number of benzene rings is 2. The van der Waals surface area contributed by atoms with Crippen molar-refractivity contribution in [3.8, 4) is 5.75 Å². The number of alkyl halides is 3. The average Bonchev–Trinajstić information content (AvgIpc) is 2.69. The average molecular weight is 395 g/mol. The fraction of sp³-hybridized carbons (Fsp3) is 0.300. The van der Waals surface area contributed by atoms with E-state index in [0.29, 0.717) is 11.6 Å². The van der Waals surface area contributed by atoms with Crippen molar-refractivity contribution in [2.45, 2.75) is 32.5 Å². The van der Waals surface area contributed by atoms with E-state index in [0.717, 1.165) is 13.2 Å². The molecular weight excluding hydrogens is 375 g/mol. The summed E-state index contributed by atoms with van der Waals surface area (Å²) >= 11 is 0. The van der Waals surface area contributed by atoms with Crippen LogP contribution in [0, 0.1) is 0 Å². The van der Waals surface area contributed by atoms with Crippen LogP contribution in [0.2, 0.25) is 0 Å². The molecule has 5 nitrogen and oxygen atoms in total. The monoisotopic (exact) mass is 395 g/mol. The van der Waals surface area contributed by atoms with Crippen molar-refractivity contribution in [3.05, 3.63) is 59.2 Å². The van der Waals surface area contributed by atoms with Crippen LogP contribution in [0.25, 0.3) is 0 Å². The third kappa shape index (κ3) is 3.81. The van der Waals surface area contributed by atoms with Crippen LogP contribution in [0.5, 0.6) is 5.75 Å². The topological polar surface area (TPSA) is 64.6 Å². The lowest BCUT2D eigenvalue weighted by Crippen LogP contribution is -2.46. The predicted molar refractivity (Wildman–Crippen MR) is 97.2 cm³/mol. The van der Waals surface area contributed by atoms with Gasteiger partial charge in [-0.1, -0.05) is 44.2 Å². The van der Waals surface area contributed by atoms with Gasteiger partial charge in [0.05, 0.1) is 23.9 Å². The smallest absolute Gasteiger partial charge is 0.417 e. The summed E-state index contributed by atoms with van der Waals surface area (Å²) in [6, 6.07) is 10.00. The molecule has 0 fully saturated rings. The zero-order chi connectivity index (χ0) is 21.1. The van der Waals surface area contributed by atoms with Crippen molar-refractivity contribution in [1.82, 2.24) is 0 Å². The molecule has 1 aliphatic rings. The quantitative estimate of drug-likeness (QED) is 0.745. The highest BCUT2D eigenvalue weighted by Gasteiger charge is 2.44. The maximum atomic E-state index is 13.4. The number of hydrogen-bond acceptors (Lipinski definition) is 4. The molecule has 0 aromatic heterocycles. The van der Waals surface area contributed by atoms with Gasteiger partial charge in [-0.3, -0.25) is 4.79 Å². The van der Waals surface area contributed by atoms with Gasteiger partial charge in [-0.05, 0) is 19.1 Å². The molecule has 1 atom stereocenters. The first-order valence-corrected chi connectivity index (χ1v) is 8.56. The third-order valence-electron chi connectivity index (χ3n) is 4.15. The minimum absolute atomic E-state index is 0.0307. The van der Waals surface area contributed by atoms with E-state index in [9.17, 15) is 22.8 Å². The van der Waals surface area contributed by atoms with Gasteiger partial charge in [-0.15, -0.1) is 0 Å². The number of methoxy groups -OCH3 is 1. The Hall–Kier alpha value is -3.03. The molecule has 0 bridgehead atoms. The van der Waals surface area contributed by atoms with E-state index in [-0.39, 0.29) is 11.4 Å². The number of fused-ring (bicyclic) bond motifs is 1. The second kappa shape index (κ2) is 7.92. The van der Waals surface area contributed by atoms with Gasteiger partial charge in [-0.2, -0.15) is 13.2 Å². The molecular formula is C20H20F3NO4. The number of ether oxygens (including phenoxy) is 2. The van der Waals surface area contributed by atoms with Crippen LogP contribution in [0.4, 0.5) is 18.9 Å². The van der Waals surface area contributed by atoms with Crippen LogP contribution in [0.1, 0.15) is 42.3 Å². The Kier molecular flexibility index (Phi) is 6.01. The minimum Gasteiger partial charge on any atom is -0.471 e. The summed E-state index contributed by atoms with van der Waals surface area (Å²) in [5, 5.41) is 2.51. The number of carbonyl (C=O) groups excluding carboxylic acids is 2. The number of anilines is 1. The molecule has 1 aliphatic heterocycles. The van der Waals surface area contributed by atoms with E-state index in [4.69, 9.17) is 4.74 Å². The van der Waals surface area contributed by atoms with Crippen molar-refractivity contribution >= 4 is 17.6 Å². The lowest BCUT2D eigenvalue weighted by Gasteiger charge is -2.35. The molecule has 28 heavy (non-hydrogen) atoms. The van der Waals surface area contributed by atoms with E-state index in [1.807, 2.05) is 13.8 Å². The van der Waals surface area contributed by atoms with Gasteiger partial charge in [0.1, 0.15) is 5.75 Å². The van der Waals surface area contributed by atoms with Crippen LogP contribution in [-0.4, -0.2) is 19.0 Å². The maximum absolute atomic E-state index is 13.4. The van der Waals surface area contributed by atoms with E-state index in [2.05, 4.69) is 10.1 Å². The molecule has 150 valence electrons. The van der Waals surface area contributed by atoms with Gasteiger partial charge >= 0.3 is 12.1 Å². The number of hydrogen-bond donors (Lipinski definition) is 1. The lowest BCUT2D eigenvalue weighted by atomic mass is 9.92. The zero-order valence-electron chi connectivity index (χ0n) is 15.8. The minimum atomic E-state index is -4.80. The first-order valence-electron chi connectivity index (χ1n) is 8.56. The van der Waals surface area contributed by atoms with Crippen LogP contribution >= 0.6 is 0 Å². The highest BCUT2D eigenvalue weighted by molar-refractivity contribution is 6.03. The Morgan fingerprint density at radius 1 is 1.14 bits per heavy atom. The second-order valence-electron chi connectivity index (χ2n) is 5.84. The zero-order valence-corrected chi connectivity index (χ0v) is 15.8. The van der Waals surface area contributed by atoms with Crippen molar-refractivity contribution in [3.63, 3.8) is 0 Å². The van der Waals surface area contributed by atoms with Gasteiger partial charge < -0.3 is 14.8 Å². The highest BCUT2D eigenvalue weighted by Crippen LogP contribution is 2.43. The number of halogens is 3. The Labute approximate surface area is 160 Å². The van der Waals surface area contributed by atoms with Crippen LogP contribution in [0.15, 0.2) is 42.5 Å². The second-order valence-corrected chi connectivity index (χ2v) is 5.84. The summed E-state index contributed by atoms with van der Waals surface area (Å²) < 4.78 is 50.1. The molecule has 1 amide bonds. The number of esters is 1. The Morgan fingerprint density at radius 2 is 1.75 bits per heavy atom. The lowest BCUT2D eigenvalue weighted by molar-refractivity contribution is -0.138. The Balaban J connectivity index is 0.00000136. The molecule has 2 aromatic rings. The first kappa shape index (κ1) is 21.3. The van der Waals surface area contributed by atoms with Gasteiger partial charge in [0.2, 0.25) is 5.60 Å². The summed E-state index contributed by atoms with van der Waals surface area (Å²) in [4.78, 5) is 24.3. The summed E-state index contributed by atoms with van der Waals surface area (Å²) in [5.41, 5.74) is -2.96. The molecule has 0 aliphatic carbocycles. The molecule has 3 rings (SSSR count). The van der Waals surface area contributed by atoms with Gasteiger partial charge in [0, 0.05) is 5.56 Å². The van der Waals surface area contributed by atoms with Crippen LogP contribution < -0.4 is 10.1 Å². The summed E-state index contributed by atoms with van der Waals surface area (Å²) in [7, 11) is 0.976. The predicted octanol–water partition coefficient (Wildman–Crippen LogP) is 4.76. The molecule has 0 spiro atoms. The molecule has 2 aromatic carbocycles. The number of nitrogens with one attached hydrogen (secondary N) is 1. The number of amides is 1. The Bertz CT molecular complexity index is 881. The van der Waals surface area contributed by atoms with Gasteiger partial charge in [-0.25, -0.2) is 4.79 Å². The van der Waals surface area contributed by atoms with E-state index >= 15 is 0 Å². The number of carbonyl (C=O) groups is 2. The molecule has 0 saturated carbocycles. The standard InChI is InChI=1S/C18H14F3NO4.C2H6/c1-17(10-6-4-3-5-7-10)16(24)22-13-8-11(15(23)25-2)12(18(19,20)21)9-14(13)26-17;1-2/h3-9H,1-2H3,(H,22,24);1-2H3. The van der Waals surface area contributed by atoms with Crippen molar-refractivity contribution in [1.29, 1.82) is 0 Å². The van der Waals surface area contributed by atoms with Crippen molar-refractivity contribution in [2.24, 2.45) is 0 Å². The largest absolute Gasteiger partial charge is 0.471 e. The molecule has 1 heterocycles. The summed E-state index contributed by atoms with van der Waals surface area (Å²) in [5.74, 6) is -1.91. The summed E-state index contributed by atoms with van der Waals surface area (Å²) in [6.07, 6.45) is -4.80. The normalized spacial score (nSPS) is 18.0.